The van der Waals surface area contributed by atoms with E-state index in [4.69, 9.17) is 11.6 Å². The van der Waals surface area contributed by atoms with Crippen molar-refractivity contribution >= 4 is 34.2 Å². The van der Waals surface area contributed by atoms with Crippen molar-refractivity contribution in [3.05, 3.63) is 20.7 Å². The average Bonchev–Trinajstić information content (AvgIpc) is 2.17. The molecular formula is C8H7ClF3IN2O. The molecule has 0 amide bonds. The highest BCUT2D eigenvalue weighted by molar-refractivity contribution is 14.1. The molecule has 0 N–H and O–H groups in total. The highest BCUT2D eigenvalue weighted by Gasteiger charge is 2.27. The Hall–Kier alpha value is -0.150. The summed E-state index contributed by atoms with van der Waals surface area (Å²) in [6, 6.07) is 0. The van der Waals surface area contributed by atoms with Gasteiger partial charge < -0.3 is 4.74 Å². The maximum atomic E-state index is 11.7. The van der Waals surface area contributed by atoms with Crippen LogP contribution in [0.5, 0.6) is 0 Å². The van der Waals surface area contributed by atoms with E-state index in [1.807, 2.05) is 22.6 Å². The molecule has 0 aliphatic carbocycles. The molecule has 1 rings (SSSR count). The largest absolute Gasteiger partial charge is 0.411 e. The molecule has 0 unspecified atom stereocenters. The Kier molecular flexibility index (Phi) is 5.19. The number of halogens is 5. The molecule has 0 radical (unpaired) electrons. The molecule has 90 valence electrons. The summed E-state index contributed by atoms with van der Waals surface area (Å²) in [5.41, 5.74) is 0. The number of ether oxygens (including phenoxy) is 1. The summed E-state index contributed by atoms with van der Waals surface area (Å²) in [5, 5.41) is 0.293. The zero-order valence-corrected chi connectivity index (χ0v) is 10.8. The van der Waals surface area contributed by atoms with Gasteiger partial charge in [0.15, 0.2) is 0 Å². The summed E-state index contributed by atoms with van der Waals surface area (Å²) in [6.07, 6.45) is -2.59. The maximum Gasteiger partial charge on any atom is 0.411 e. The number of aromatic nitrogens is 2. The predicted molar refractivity (Wildman–Crippen MR) is 60.3 cm³/mol. The zero-order chi connectivity index (χ0) is 12.2. The second-order valence-electron chi connectivity index (χ2n) is 2.84. The van der Waals surface area contributed by atoms with Crippen molar-refractivity contribution in [1.82, 2.24) is 9.97 Å². The van der Waals surface area contributed by atoms with Gasteiger partial charge in [-0.3, -0.25) is 0 Å². The van der Waals surface area contributed by atoms with Gasteiger partial charge in [-0.15, -0.1) is 0 Å². The second kappa shape index (κ2) is 5.97. The van der Waals surface area contributed by atoms with E-state index in [1.165, 1.54) is 6.20 Å². The summed E-state index contributed by atoms with van der Waals surface area (Å²) in [5.74, 6) is 0.368. The summed E-state index contributed by atoms with van der Waals surface area (Å²) in [4.78, 5) is 7.80. The highest BCUT2D eigenvalue weighted by atomic mass is 127. The van der Waals surface area contributed by atoms with Crippen molar-refractivity contribution in [2.24, 2.45) is 0 Å². The van der Waals surface area contributed by atoms with Crippen LogP contribution in [-0.4, -0.2) is 29.4 Å². The van der Waals surface area contributed by atoms with Crippen LogP contribution in [0.15, 0.2) is 6.20 Å². The van der Waals surface area contributed by atoms with Crippen molar-refractivity contribution in [2.75, 3.05) is 13.2 Å². The van der Waals surface area contributed by atoms with Gasteiger partial charge in [-0.1, -0.05) is 11.6 Å². The van der Waals surface area contributed by atoms with Crippen molar-refractivity contribution in [2.45, 2.75) is 12.6 Å². The number of hydrogen-bond acceptors (Lipinski definition) is 3. The second-order valence-corrected chi connectivity index (χ2v) is 4.36. The van der Waals surface area contributed by atoms with Crippen molar-refractivity contribution in [3.63, 3.8) is 0 Å². The van der Waals surface area contributed by atoms with E-state index in [2.05, 4.69) is 14.7 Å². The first-order chi connectivity index (χ1) is 7.38. The molecule has 0 saturated heterocycles. The molecule has 1 heterocycles. The molecule has 1 aromatic heterocycles. The van der Waals surface area contributed by atoms with Gasteiger partial charge in [0.05, 0.1) is 10.2 Å². The normalized spacial score (nSPS) is 11.8. The van der Waals surface area contributed by atoms with Crippen LogP contribution in [0.25, 0.3) is 0 Å². The fraction of sp³-hybridized carbons (Fsp3) is 0.500. The molecule has 0 aliphatic heterocycles. The van der Waals surface area contributed by atoms with E-state index >= 15 is 0 Å². The Morgan fingerprint density at radius 2 is 2.12 bits per heavy atom. The van der Waals surface area contributed by atoms with Crippen LogP contribution in [0, 0.1) is 3.57 Å². The van der Waals surface area contributed by atoms with E-state index < -0.39 is 12.8 Å². The average molecular weight is 367 g/mol. The summed E-state index contributed by atoms with van der Waals surface area (Å²) >= 11 is 7.68. The number of hydrogen-bond donors (Lipinski definition) is 0. The standard InChI is InChI=1S/C8H7ClF3IN2O/c9-7-5(13)3-14-6(15-7)1-2-16-4-8(10,11)12/h3H,1-2,4H2. The van der Waals surface area contributed by atoms with Crippen LogP contribution in [0.1, 0.15) is 5.82 Å². The molecule has 0 aromatic carbocycles. The molecule has 0 saturated carbocycles. The van der Waals surface area contributed by atoms with Crippen molar-refractivity contribution in [1.29, 1.82) is 0 Å². The quantitative estimate of drug-likeness (QED) is 0.467. The Morgan fingerprint density at radius 3 is 2.69 bits per heavy atom. The minimum Gasteiger partial charge on any atom is -0.372 e. The van der Waals surface area contributed by atoms with E-state index in [0.29, 0.717) is 14.5 Å². The summed E-state index contributed by atoms with van der Waals surface area (Å²) in [7, 11) is 0. The molecule has 0 aliphatic rings. The van der Waals surface area contributed by atoms with Crippen LogP contribution in [0.4, 0.5) is 13.2 Å². The Morgan fingerprint density at radius 1 is 1.44 bits per heavy atom. The molecule has 1 aromatic rings. The van der Waals surface area contributed by atoms with E-state index in [-0.39, 0.29) is 13.0 Å². The summed E-state index contributed by atoms with van der Waals surface area (Å²) in [6.45, 7) is -1.35. The zero-order valence-electron chi connectivity index (χ0n) is 7.89. The van der Waals surface area contributed by atoms with Crippen LogP contribution >= 0.6 is 34.2 Å². The molecular weight excluding hydrogens is 359 g/mol. The van der Waals surface area contributed by atoms with E-state index in [1.54, 1.807) is 0 Å². The van der Waals surface area contributed by atoms with Gasteiger partial charge in [0.25, 0.3) is 0 Å². The Bertz CT molecular complexity index is 362. The Balaban J connectivity index is 2.35. The van der Waals surface area contributed by atoms with Gasteiger partial charge in [0, 0.05) is 12.6 Å². The first kappa shape index (κ1) is 13.9. The van der Waals surface area contributed by atoms with Gasteiger partial charge >= 0.3 is 6.18 Å². The van der Waals surface area contributed by atoms with Crippen molar-refractivity contribution in [3.8, 4) is 0 Å². The lowest BCUT2D eigenvalue weighted by Gasteiger charge is -2.07. The van der Waals surface area contributed by atoms with Crippen molar-refractivity contribution < 1.29 is 17.9 Å². The third-order valence-corrected chi connectivity index (χ3v) is 2.88. The smallest absolute Gasteiger partial charge is 0.372 e. The number of nitrogens with zero attached hydrogens (tertiary/aromatic N) is 2. The lowest BCUT2D eigenvalue weighted by atomic mass is 10.4. The molecule has 0 bridgehead atoms. The van der Waals surface area contributed by atoms with E-state index in [0.717, 1.165) is 0 Å². The van der Waals surface area contributed by atoms with Gasteiger partial charge in [-0.25, -0.2) is 9.97 Å². The maximum absolute atomic E-state index is 11.7. The number of rotatable bonds is 4. The van der Waals surface area contributed by atoms with Crippen LogP contribution in [-0.2, 0) is 11.2 Å². The molecule has 3 nitrogen and oxygen atoms in total. The van der Waals surface area contributed by atoms with Gasteiger partial charge in [0.2, 0.25) is 0 Å². The first-order valence-electron chi connectivity index (χ1n) is 4.20. The van der Waals surface area contributed by atoms with Gasteiger partial charge in [-0.05, 0) is 22.6 Å². The minimum atomic E-state index is -4.30. The van der Waals surface area contributed by atoms with E-state index in [9.17, 15) is 13.2 Å². The predicted octanol–water partition coefficient (Wildman–Crippen LogP) is 2.86. The topological polar surface area (TPSA) is 35.0 Å². The molecule has 0 fully saturated rings. The molecule has 8 heteroatoms. The molecule has 16 heavy (non-hydrogen) atoms. The monoisotopic (exact) mass is 366 g/mol. The van der Waals surface area contributed by atoms with Gasteiger partial charge in [-0.2, -0.15) is 13.2 Å². The highest BCUT2D eigenvalue weighted by Crippen LogP contribution is 2.15. The molecule has 0 spiro atoms. The number of alkyl halides is 3. The molecule has 0 atom stereocenters. The fourth-order valence-electron chi connectivity index (χ4n) is 0.852. The third kappa shape index (κ3) is 5.26. The van der Waals surface area contributed by atoms with Crippen LogP contribution in [0.2, 0.25) is 5.15 Å². The van der Waals surface area contributed by atoms with Crippen LogP contribution in [0.3, 0.4) is 0 Å². The van der Waals surface area contributed by atoms with Crippen LogP contribution < -0.4 is 0 Å². The first-order valence-corrected chi connectivity index (χ1v) is 5.65. The lowest BCUT2D eigenvalue weighted by molar-refractivity contribution is -0.173. The minimum absolute atomic E-state index is 0.0869. The summed E-state index contributed by atoms with van der Waals surface area (Å²) < 4.78 is 40.3. The lowest BCUT2D eigenvalue weighted by Crippen LogP contribution is -2.18. The SMILES string of the molecule is FC(F)(F)COCCc1ncc(I)c(Cl)n1. The van der Waals surface area contributed by atoms with Gasteiger partial charge in [0.1, 0.15) is 17.6 Å². The Labute approximate surface area is 109 Å². The fourth-order valence-corrected chi connectivity index (χ4v) is 1.26. The third-order valence-electron chi connectivity index (χ3n) is 1.49.